The number of alkyl halides is 3. The van der Waals surface area contributed by atoms with E-state index >= 15 is 0 Å². The van der Waals surface area contributed by atoms with Gasteiger partial charge in [-0.25, -0.2) is 9.56 Å². The third-order valence-electron chi connectivity index (χ3n) is 3.93. The van der Waals surface area contributed by atoms with Crippen molar-refractivity contribution < 1.29 is 32.7 Å². The van der Waals surface area contributed by atoms with Gasteiger partial charge in [0.2, 0.25) is 0 Å². The van der Waals surface area contributed by atoms with Crippen LogP contribution in [0.1, 0.15) is 17.2 Å². The number of allylic oxidation sites excluding steroid dienone is 1. The molecular formula is C20H22F3N4O3+. The zero-order valence-electron chi connectivity index (χ0n) is 16.1. The van der Waals surface area contributed by atoms with Crippen LogP contribution in [0.4, 0.5) is 24.7 Å². The highest BCUT2D eigenvalue weighted by atomic mass is 19.4. The average molecular weight is 423 g/mol. The fourth-order valence-electron chi connectivity index (χ4n) is 2.70. The summed E-state index contributed by atoms with van der Waals surface area (Å²) < 4.78 is 42.5. The van der Waals surface area contributed by atoms with Crippen molar-refractivity contribution in [2.45, 2.75) is 12.5 Å². The lowest BCUT2D eigenvalue weighted by Crippen LogP contribution is -2.22. The number of hydrogen-bond donors (Lipinski definition) is 4. The smallest absolute Gasteiger partial charge is 0.406 e. The maximum Gasteiger partial charge on any atom is 0.573 e. The van der Waals surface area contributed by atoms with Gasteiger partial charge in [-0.2, -0.15) is 0 Å². The van der Waals surface area contributed by atoms with Crippen LogP contribution >= 0.6 is 0 Å². The van der Waals surface area contributed by atoms with E-state index in [1.165, 1.54) is 24.4 Å². The van der Waals surface area contributed by atoms with Crippen LogP contribution in [0.15, 0.2) is 49.2 Å². The molecule has 0 aliphatic heterocycles. The molecule has 1 unspecified atom stereocenters. The molecule has 1 aromatic carbocycles. The summed E-state index contributed by atoms with van der Waals surface area (Å²) in [6.07, 6.45) is -1.40. The van der Waals surface area contributed by atoms with Crippen LogP contribution in [0.2, 0.25) is 0 Å². The first-order valence-electron chi connectivity index (χ1n) is 8.79. The van der Waals surface area contributed by atoms with Gasteiger partial charge in [0, 0.05) is 11.9 Å². The molecule has 0 saturated heterocycles. The van der Waals surface area contributed by atoms with Crippen LogP contribution in [0.3, 0.4) is 0 Å². The van der Waals surface area contributed by atoms with Crippen LogP contribution in [0, 0.1) is 5.41 Å². The van der Waals surface area contributed by atoms with E-state index < -0.39 is 19.1 Å². The molecule has 0 aliphatic rings. The number of benzene rings is 1. The Hall–Kier alpha value is -3.24. The molecule has 0 fully saturated rings. The zero-order valence-corrected chi connectivity index (χ0v) is 16.1. The average Bonchev–Trinajstić information content (AvgIpc) is 2.67. The molecule has 0 amide bonds. The number of aliphatic hydroxyl groups excluding tert-OH is 2. The minimum atomic E-state index is -4.79. The summed E-state index contributed by atoms with van der Waals surface area (Å²) in [5.74, 6) is -0.165. The minimum Gasteiger partial charge on any atom is -0.406 e. The number of pyridine rings is 1. The van der Waals surface area contributed by atoms with Gasteiger partial charge in [0.15, 0.2) is 12.8 Å². The van der Waals surface area contributed by atoms with Crippen LogP contribution < -0.4 is 10.1 Å². The predicted molar refractivity (Wildman–Crippen MR) is 107 cm³/mol. The normalized spacial score (nSPS) is 12.9. The lowest BCUT2D eigenvalue weighted by molar-refractivity contribution is -0.475. The second-order valence-corrected chi connectivity index (χ2v) is 6.30. The van der Waals surface area contributed by atoms with E-state index in [0.29, 0.717) is 11.3 Å². The predicted octanol–water partition coefficient (Wildman–Crippen LogP) is 3.02. The van der Waals surface area contributed by atoms with Gasteiger partial charge in [-0.05, 0) is 42.0 Å². The number of nitrogens with zero attached hydrogens (tertiary/aromatic N) is 2. The largest absolute Gasteiger partial charge is 0.573 e. The van der Waals surface area contributed by atoms with Crippen molar-refractivity contribution in [3.8, 4) is 5.75 Å². The fourth-order valence-corrected chi connectivity index (χ4v) is 2.70. The second-order valence-electron chi connectivity index (χ2n) is 6.30. The molecule has 0 aliphatic carbocycles. The number of rotatable bonds is 9. The number of aliphatic hydroxyl groups is 2. The van der Waals surface area contributed by atoms with Crippen LogP contribution in [0.5, 0.6) is 5.75 Å². The topological polar surface area (TPSA) is 101 Å². The Morgan fingerprint density at radius 1 is 1.33 bits per heavy atom. The molecule has 2 rings (SSSR count). The van der Waals surface area contributed by atoms with Crippen molar-refractivity contribution in [3.63, 3.8) is 0 Å². The Morgan fingerprint density at radius 3 is 2.57 bits per heavy atom. The number of hydrogen-bond acceptors (Lipinski definition) is 6. The summed E-state index contributed by atoms with van der Waals surface area (Å²) >= 11 is 0. The van der Waals surface area contributed by atoms with Crippen molar-refractivity contribution in [1.29, 1.82) is 5.41 Å². The lowest BCUT2D eigenvalue weighted by Gasteiger charge is -2.18. The van der Waals surface area contributed by atoms with Gasteiger partial charge < -0.3 is 20.3 Å². The molecule has 2 aromatic rings. The molecule has 7 nitrogen and oxygen atoms in total. The van der Waals surface area contributed by atoms with E-state index in [9.17, 15) is 23.4 Å². The van der Waals surface area contributed by atoms with E-state index in [0.717, 1.165) is 12.1 Å². The molecule has 10 heteroatoms. The molecule has 160 valence electrons. The van der Waals surface area contributed by atoms with Crippen molar-refractivity contribution >= 4 is 23.4 Å². The molecule has 30 heavy (non-hydrogen) atoms. The van der Waals surface area contributed by atoms with E-state index in [4.69, 9.17) is 5.41 Å². The Kier molecular flexibility index (Phi) is 7.67. The monoisotopic (exact) mass is 423 g/mol. The summed E-state index contributed by atoms with van der Waals surface area (Å²) in [6.45, 7) is 3.21. The Balaban J connectivity index is 2.38. The van der Waals surface area contributed by atoms with Crippen LogP contribution in [-0.2, 0) is 0 Å². The molecule has 1 aromatic heterocycles. The van der Waals surface area contributed by atoms with Crippen LogP contribution in [0.25, 0.3) is 0 Å². The van der Waals surface area contributed by atoms with Gasteiger partial charge in [0.1, 0.15) is 30.4 Å². The van der Waals surface area contributed by atoms with Gasteiger partial charge >= 0.3 is 6.36 Å². The second kappa shape index (κ2) is 9.99. The SMILES string of the molecule is C=CC=[N+](C)CC(=N)c1c(C(O)CO)ccnc1Nc1ccc(OC(F)(F)F)cc1. The van der Waals surface area contributed by atoms with Gasteiger partial charge in [-0.15, -0.1) is 13.2 Å². The lowest BCUT2D eigenvalue weighted by atomic mass is 9.99. The van der Waals surface area contributed by atoms with Gasteiger partial charge in [0.05, 0.1) is 12.2 Å². The fraction of sp³-hybridized carbons (Fsp3) is 0.250. The summed E-state index contributed by atoms with van der Waals surface area (Å²) in [6, 6.07) is 6.50. The number of anilines is 2. The Morgan fingerprint density at radius 2 is 2.00 bits per heavy atom. The van der Waals surface area contributed by atoms with Crippen LogP contribution in [-0.4, -0.2) is 58.3 Å². The highest BCUT2D eigenvalue weighted by Crippen LogP contribution is 2.28. The molecule has 1 atom stereocenters. The summed E-state index contributed by atoms with van der Waals surface area (Å²) in [5, 5.41) is 30.9. The number of halogens is 3. The van der Waals surface area contributed by atoms with Crippen molar-refractivity contribution in [1.82, 2.24) is 4.98 Å². The third kappa shape index (κ3) is 6.39. The van der Waals surface area contributed by atoms with Crippen molar-refractivity contribution in [2.24, 2.45) is 0 Å². The quantitative estimate of drug-likeness (QED) is 0.367. The van der Waals surface area contributed by atoms with Crippen molar-refractivity contribution in [2.75, 3.05) is 25.5 Å². The van der Waals surface area contributed by atoms with E-state index in [-0.39, 0.29) is 29.4 Å². The first-order chi connectivity index (χ1) is 14.1. The first-order valence-corrected chi connectivity index (χ1v) is 8.79. The van der Waals surface area contributed by atoms with E-state index in [2.05, 4.69) is 21.6 Å². The summed E-state index contributed by atoms with van der Waals surface area (Å²) in [4.78, 5) is 4.20. The van der Waals surface area contributed by atoms with Gasteiger partial charge in [-0.1, -0.05) is 6.58 Å². The molecule has 0 saturated carbocycles. The number of nitrogens with one attached hydrogen (secondary N) is 2. The molecule has 0 spiro atoms. The van der Waals surface area contributed by atoms with Gasteiger partial charge in [0.25, 0.3) is 0 Å². The van der Waals surface area contributed by atoms with E-state index in [1.54, 1.807) is 23.9 Å². The van der Waals surface area contributed by atoms with Crippen molar-refractivity contribution in [3.05, 3.63) is 60.3 Å². The zero-order chi connectivity index (χ0) is 22.3. The molecule has 1 heterocycles. The minimum absolute atomic E-state index is 0.103. The molecule has 0 bridgehead atoms. The molecule has 4 N–H and O–H groups in total. The number of likely N-dealkylation sites (N-methyl/N-ethyl adjacent to an activating group) is 1. The maximum absolute atomic E-state index is 12.3. The Labute approximate surface area is 171 Å². The molecule has 0 radical (unpaired) electrons. The summed E-state index contributed by atoms with van der Waals surface area (Å²) in [5.41, 5.74) is 1.07. The van der Waals surface area contributed by atoms with Gasteiger partial charge in [-0.3, -0.25) is 5.41 Å². The number of aromatic nitrogens is 1. The Bertz CT molecular complexity index is 928. The highest BCUT2D eigenvalue weighted by Gasteiger charge is 2.31. The number of ether oxygens (including phenoxy) is 1. The third-order valence-corrected chi connectivity index (χ3v) is 3.93. The summed E-state index contributed by atoms with van der Waals surface area (Å²) in [7, 11) is 1.74. The highest BCUT2D eigenvalue weighted by molar-refractivity contribution is 6.05. The maximum atomic E-state index is 12.3. The van der Waals surface area contributed by atoms with E-state index in [1.807, 2.05) is 0 Å². The first kappa shape index (κ1) is 23.0. The molecular weight excluding hydrogens is 401 g/mol. The standard InChI is InChI=1S/C20H22F3N4O3/c1-3-10-27(2)11-16(24)18-15(17(29)12-28)8-9-25-19(18)26-13-4-6-14(7-5-13)30-20(21,22)23/h3-10,17,24,28-29H,1,11-12H2,2H3,(H,25,26)/q+1.